The van der Waals surface area contributed by atoms with Crippen LogP contribution in [-0.2, 0) is 14.3 Å². The Balaban J connectivity index is 1.82. The normalized spacial score (nSPS) is 19.1. The molecule has 38 heavy (non-hydrogen) atoms. The highest BCUT2D eigenvalue weighted by molar-refractivity contribution is 9.10. The third kappa shape index (κ3) is 5.12. The Morgan fingerprint density at radius 3 is 2.37 bits per heavy atom. The van der Waals surface area contributed by atoms with E-state index in [0.717, 1.165) is 11.3 Å². The number of ketones is 1. The summed E-state index contributed by atoms with van der Waals surface area (Å²) in [7, 11) is 4.62. The Bertz CT molecular complexity index is 1330. The number of phenolic OH excluding ortho intramolecular Hbond substituents is 1. The number of dihydropyridines is 1. The predicted molar refractivity (Wildman–Crippen MR) is 146 cm³/mol. The molecule has 0 saturated heterocycles. The molecule has 2 aliphatic rings. The van der Waals surface area contributed by atoms with Crippen LogP contribution in [0.15, 0.2) is 57.3 Å². The van der Waals surface area contributed by atoms with E-state index in [9.17, 15) is 14.7 Å². The molecule has 202 valence electrons. The third-order valence-electron chi connectivity index (χ3n) is 6.97. The van der Waals surface area contributed by atoms with E-state index in [-0.39, 0.29) is 36.2 Å². The largest absolute Gasteiger partial charge is 0.503 e. The van der Waals surface area contributed by atoms with Crippen LogP contribution in [0.2, 0.25) is 0 Å². The average Bonchev–Trinajstić information content (AvgIpc) is 2.91. The van der Waals surface area contributed by atoms with Crippen LogP contribution in [0.3, 0.4) is 0 Å². The number of hydrogen-bond acceptors (Lipinski definition) is 8. The minimum atomic E-state index is -0.680. The van der Waals surface area contributed by atoms with Crippen LogP contribution in [0.5, 0.6) is 23.0 Å². The van der Waals surface area contributed by atoms with E-state index in [1.165, 1.54) is 7.11 Å². The van der Waals surface area contributed by atoms with Crippen molar-refractivity contribution in [2.75, 3.05) is 27.9 Å². The zero-order valence-corrected chi connectivity index (χ0v) is 23.7. The first kappa shape index (κ1) is 27.6. The molecule has 0 radical (unpaired) electrons. The summed E-state index contributed by atoms with van der Waals surface area (Å²) >= 11 is 3.39. The molecule has 1 heterocycles. The number of nitrogens with one attached hydrogen (secondary N) is 1. The maximum atomic E-state index is 13.8. The fourth-order valence-electron chi connectivity index (χ4n) is 5.17. The van der Waals surface area contributed by atoms with E-state index < -0.39 is 11.9 Å². The first-order chi connectivity index (χ1) is 18.2. The predicted octanol–water partition coefficient (Wildman–Crippen LogP) is 5.50. The highest BCUT2D eigenvalue weighted by atomic mass is 79.9. The van der Waals surface area contributed by atoms with E-state index in [4.69, 9.17) is 18.9 Å². The van der Waals surface area contributed by atoms with Crippen molar-refractivity contribution in [1.82, 2.24) is 5.32 Å². The monoisotopic (exact) mass is 585 g/mol. The Morgan fingerprint density at radius 1 is 1.03 bits per heavy atom. The molecule has 0 amide bonds. The molecule has 2 atom stereocenters. The lowest BCUT2D eigenvalue weighted by molar-refractivity contribution is -0.139. The van der Waals surface area contributed by atoms with Gasteiger partial charge in [0.15, 0.2) is 28.8 Å². The minimum absolute atomic E-state index is 0.0568. The summed E-state index contributed by atoms with van der Waals surface area (Å²) < 4.78 is 22.1. The second-order valence-corrected chi connectivity index (χ2v) is 10.2. The van der Waals surface area contributed by atoms with Gasteiger partial charge in [0, 0.05) is 29.3 Å². The number of carbonyl (C=O) groups excluding carboxylic acids is 2. The van der Waals surface area contributed by atoms with Gasteiger partial charge in [-0.3, -0.25) is 4.79 Å². The van der Waals surface area contributed by atoms with Gasteiger partial charge in [-0.05, 0) is 77.0 Å². The van der Waals surface area contributed by atoms with Crippen molar-refractivity contribution in [3.63, 3.8) is 0 Å². The van der Waals surface area contributed by atoms with Crippen molar-refractivity contribution in [1.29, 1.82) is 0 Å². The number of hydrogen-bond donors (Lipinski definition) is 2. The molecule has 2 aromatic rings. The fourth-order valence-corrected chi connectivity index (χ4v) is 5.63. The van der Waals surface area contributed by atoms with Gasteiger partial charge in [-0.15, -0.1) is 0 Å². The molecule has 4 rings (SSSR count). The summed E-state index contributed by atoms with van der Waals surface area (Å²) in [4.78, 5) is 27.1. The van der Waals surface area contributed by atoms with Crippen molar-refractivity contribution in [2.45, 2.75) is 44.9 Å². The van der Waals surface area contributed by atoms with Crippen LogP contribution in [0.4, 0.5) is 0 Å². The number of rotatable bonds is 8. The molecule has 1 aliphatic heterocycles. The van der Waals surface area contributed by atoms with Crippen molar-refractivity contribution in [2.24, 2.45) is 0 Å². The molecular formula is C29H32BrNO7. The van der Waals surface area contributed by atoms with Gasteiger partial charge in [-0.1, -0.05) is 13.0 Å². The Morgan fingerprint density at radius 2 is 1.71 bits per heavy atom. The van der Waals surface area contributed by atoms with Gasteiger partial charge < -0.3 is 29.4 Å². The number of esters is 1. The maximum Gasteiger partial charge on any atom is 0.336 e. The summed E-state index contributed by atoms with van der Waals surface area (Å²) in [6.07, 6.45) is 1.51. The van der Waals surface area contributed by atoms with Crippen LogP contribution < -0.4 is 19.5 Å². The molecule has 0 spiro atoms. The molecule has 1 aliphatic carbocycles. The Kier molecular flexibility index (Phi) is 8.35. The van der Waals surface area contributed by atoms with E-state index in [1.807, 2.05) is 32.0 Å². The molecule has 0 saturated carbocycles. The molecule has 9 heteroatoms. The van der Waals surface area contributed by atoms with E-state index >= 15 is 0 Å². The number of allylic oxidation sites excluding steroid dienone is 3. The number of phenols is 1. The van der Waals surface area contributed by atoms with Crippen LogP contribution >= 0.6 is 15.9 Å². The molecule has 2 aromatic carbocycles. The summed E-state index contributed by atoms with van der Waals surface area (Å²) in [6, 6.07) is 9.07. The van der Waals surface area contributed by atoms with Gasteiger partial charge in [0.1, 0.15) is 0 Å². The van der Waals surface area contributed by atoms with Crippen molar-refractivity contribution in [3.05, 3.63) is 68.5 Å². The maximum absolute atomic E-state index is 13.8. The Labute approximate surface area is 230 Å². The summed E-state index contributed by atoms with van der Waals surface area (Å²) in [6.45, 7) is 4.01. The lowest BCUT2D eigenvalue weighted by Crippen LogP contribution is -2.36. The van der Waals surface area contributed by atoms with Crippen molar-refractivity contribution >= 4 is 27.7 Å². The second-order valence-electron chi connectivity index (χ2n) is 9.32. The number of carbonyl (C=O) groups is 2. The van der Waals surface area contributed by atoms with Crippen molar-refractivity contribution < 1.29 is 33.6 Å². The molecule has 0 fully saturated rings. The van der Waals surface area contributed by atoms with E-state index in [0.29, 0.717) is 51.2 Å². The van der Waals surface area contributed by atoms with Crippen LogP contribution in [0.25, 0.3) is 0 Å². The summed E-state index contributed by atoms with van der Waals surface area (Å²) in [5, 5.41) is 13.8. The van der Waals surface area contributed by atoms with Gasteiger partial charge in [-0.25, -0.2) is 4.79 Å². The number of Topliss-reactive ketones (excluding diaryl/α,β-unsaturated/α-hetero) is 1. The zero-order valence-electron chi connectivity index (χ0n) is 22.1. The van der Waals surface area contributed by atoms with Gasteiger partial charge >= 0.3 is 5.97 Å². The van der Waals surface area contributed by atoms with Gasteiger partial charge in [0.05, 0.1) is 38.0 Å². The standard InChI is InChI=1S/C29H32BrNO7/c1-6-9-38-29(34)25-15(2)31-20-11-17(16-7-8-22(35-3)23(13-16)36-4)12-21(32)27(20)26(25)18-10-19(30)28(33)24(14-18)37-5/h7-8,10,13-14,17,26,31,33H,6,9,11-12H2,1-5H3/t17-,26-/m1/s1. The van der Waals surface area contributed by atoms with E-state index in [2.05, 4.69) is 21.2 Å². The average molecular weight is 586 g/mol. The highest BCUT2D eigenvalue weighted by Gasteiger charge is 2.42. The van der Waals surface area contributed by atoms with Crippen LogP contribution in [0, 0.1) is 0 Å². The molecular weight excluding hydrogens is 554 g/mol. The van der Waals surface area contributed by atoms with Gasteiger partial charge in [-0.2, -0.15) is 0 Å². The lowest BCUT2D eigenvalue weighted by Gasteiger charge is -2.37. The number of benzene rings is 2. The molecule has 0 aromatic heterocycles. The lowest BCUT2D eigenvalue weighted by atomic mass is 9.71. The number of methoxy groups -OCH3 is 3. The molecule has 8 nitrogen and oxygen atoms in total. The van der Waals surface area contributed by atoms with Gasteiger partial charge in [0.2, 0.25) is 0 Å². The second kappa shape index (κ2) is 11.5. The highest BCUT2D eigenvalue weighted by Crippen LogP contribution is 2.48. The number of aromatic hydroxyl groups is 1. The smallest absolute Gasteiger partial charge is 0.336 e. The Hall–Kier alpha value is -3.46. The topological polar surface area (TPSA) is 103 Å². The molecule has 0 unspecified atom stereocenters. The molecule has 0 bridgehead atoms. The van der Waals surface area contributed by atoms with Crippen molar-refractivity contribution in [3.8, 4) is 23.0 Å². The zero-order chi connectivity index (χ0) is 27.6. The summed E-state index contributed by atoms with van der Waals surface area (Å²) in [5.41, 5.74) is 3.88. The van der Waals surface area contributed by atoms with Crippen LogP contribution in [0.1, 0.15) is 56.1 Å². The fraction of sp³-hybridized carbons (Fsp3) is 0.379. The quantitative estimate of drug-likeness (QED) is 0.392. The third-order valence-corrected chi connectivity index (χ3v) is 7.57. The van der Waals surface area contributed by atoms with E-state index in [1.54, 1.807) is 26.4 Å². The SMILES string of the molecule is CCCOC(=O)C1=C(C)NC2=C(C(=O)C[C@H](c3ccc(OC)c(OC)c3)C2)[C@@H]1c1cc(Br)c(O)c(OC)c1. The summed E-state index contributed by atoms with van der Waals surface area (Å²) in [5.74, 6) is 0.0854. The first-order valence-electron chi connectivity index (χ1n) is 12.4. The number of ether oxygens (including phenoxy) is 4. The van der Waals surface area contributed by atoms with Gasteiger partial charge in [0.25, 0.3) is 0 Å². The molecule has 2 N–H and O–H groups in total. The minimum Gasteiger partial charge on any atom is -0.503 e. The van der Waals surface area contributed by atoms with Crippen LogP contribution in [-0.4, -0.2) is 44.8 Å². The first-order valence-corrected chi connectivity index (χ1v) is 13.2. The number of halogens is 1.